The molecular weight excluding hydrogens is 356 g/mol. The van der Waals surface area contributed by atoms with E-state index in [1.165, 1.54) is 11.0 Å². The number of aliphatic hydroxyl groups excluding tert-OH is 1. The van der Waals surface area contributed by atoms with Crippen LogP contribution in [0.1, 0.15) is 0 Å². The standard InChI is InChI=1S/C10H9FNO3.3CH3.Sn/c11-7-2-1-3-8(4-7)12-5-9(6-13)15-10(12)14;;;;/h1,3-4,9,13H,5-6H2;3*1H3;/t9-;;;;/m1..../s1. The van der Waals surface area contributed by atoms with Crippen molar-refractivity contribution in [2.75, 3.05) is 18.1 Å². The number of halogens is 1. The molecule has 1 saturated heterocycles. The number of cyclic esters (lactones) is 1. The van der Waals surface area contributed by atoms with Gasteiger partial charge in [0.2, 0.25) is 0 Å². The number of rotatable bonds is 3. The van der Waals surface area contributed by atoms with E-state index in [9.17, 15) is 9.18 Å². The van der Waals surface area contributed by atoms with Crippen LogP contribution in [-0.4, -0.2) is 48.8 Å². The van der Waals surface area contributed by atoms with E-state index >= 15 is 0 Å². The van der Waals surface area contributed by atoms with Crippen LogP contribution >= 0.6 is 0 Å². The Kier molecular flexibility index (Phi) is 4.05. The molecule has 0 bridgehead atoms. The predicted molar refractivity (Wildman–Crippen MR) is 74.1 cm³/mol. The van der Waals surface area contributed by atoms with Crippen molar-refractivity contribution < 1.29 is 19.0 Å². The molecule has 1 amide bonds. The summed E-state index contributed by atoms with van der Waals surface area (Å²) in [7, 11) is 0. The Balaban J connectivity index is 2.28. The molecule has 104 valence electrons. The summed E-state index contributed by atoms with van der Waals surface area (Å²) in [6, 6.07) is 4.92. The number of benzene rings is 1. The van der Waals surface area contributed by atoms with Crippen molar-refractivity contribution in [2.24, 2.45) is 0 Å². The van der Waals surface area contributed by atoms with Gasteiger partial charge in [-0.25, -0.2) is 0 Å². The summed E-state index contributed by atoms with van der Waals surface area (Å²) in [4.78, 5) is 19.4. The van der Waals surface area contributed by atoms with Crippen LogP contribution in [0, 0.1) is 5.82 Å². The minimum atomic E-state index is -2.46. The number of nitrogens with zero attached hydrogens (tertiary/aromatic N) is 1. The summed E-state index contributed by atoms with van der Waals surface area (Å²) < 4.78 is 19.9. The van der Waals surface area contributed by atoms with Crippen LogP contribution in [0.15, 0.2) is 18.2 Å². The summed E-state index contributed by atoms with van der Waals surface area (Å²) in [5.74, 6) is -0.249. The number of carbonyl (C=O) groups excluding carboxylic acids is 1. The van der Waals surface area contributed by atoms with Crippen LogP contribution in [0.4, 0.5) is 14.9 Å². The summed E-state index contributed by atoms with van der Waals surface area (Å²) in [6.45, 7) is 0.0359. The SMILES string of the molecule is [CH3][Sn]([CH3])([CH3])[c]1ccc(N2C[C@H](CO)OC2=O)cc1F. The zero-order valence-electron chi connectivity index (χ0n) is 11.3. The van der Waals surface area contributed by atoms with Gasteiger partial charge in [0.15, 0.2) is 0 Å². The van der Waals surface area contributed by atoms with Crippen molar-refractivity contribution in [3.8, 4) is 0 Å². The summed E-state index contributed by atoms with van der Waals surface area (Å²) in [5, 5.41) is 8.98. The number of hydrogen-bond donors (Lipinski definition) is 1. The fourth-order valence-electron chi connectivity index (χ4n) is 2.11. The third kappa shape index (κ3) is 3.02. The van der Waals surface area contributed by atoms with E-state index in [0.29, 0.717) is 5.69 Å². The molecule has 6 heteroatoms. The van der Waals surface area contributed by atoms with Gasteiger partial charge in [0.1, 0.15) is 0 Å². The van der Waals surface area contributed by atoms with Gasteiger partial charge in [0.25, 0.3) is 0 Å². The average molecular weight is 374 g/mol. The Morgan fingerprint density at radius 2 is 2.16 bits per heavy atom. The van der Waals surface area contributed by atoms with Crippen molar-refractivity contribution in [3.05, 3.63) is 24.0 Å². The van der Waals surface area contributed by atoms with Gasteiger partial charge in [0, 0.05) is 0 Å². The maximum absolute atomic E-state index is 14.1. The minimum absolute atomic E-state index is 0.221. The number of anilines is 1. The Labute approximate surface area is 116 Å². The molecule has 1 N–H and O–H groups in total. The predicted octanol–water partition coefficient (Wildman–Crippen LogP) is 1.69. The number of amides is 1. The molecule has 0 radical (unpaired) electrons. The molecule has 0 saturated carbocycles. The molecule has 1 aromatic rings. The van der Waals surface area contributed by atoms with E-state index in [0.717, 1.165) is 3.58 Å². The van der Waals surface area contributed by atoms with Gasteiger partial charge in [0.05, 0.1) is 0 Å². The van der Waals surface area contributed by atoms with Gasteiger partial charge in [-0.05, 0) is 0 Å². The first-order chi connectivity index (χ1) is 8.82. The van der Waals surface area contributed by atoms with Crippen molar-refractivity contribution in [2.45, 2.75) is 20.9 Å². The van der Waals surface area contributed by atoms with Gasteiger partial charge in [-0.15, -0.1) is 0 Å². The molecule has 1 aliphatic heterocycles. The Bertz CT molecular complexity index is 501. The van der Waals surface area contributed by atoms with Gasteiger partial charge in [-0.1, -0.05) is 0 Å². The number of carbonyl (C=O) groups is 1. The molecule has 0 aliphatic carbocycles. The fraction of sp³-hybridized carbons (Fsp3) is 0.462. The number of hydrogen-bond acceptors (Lipinski definition) is 3. The van der Waals surface area contributed by atoms with E-state index in [1.807, 2.05) is 0 Å². The molecule has 1 fully saturated rings. The Hall–Kier alpha value is -0.821. The first-order valence-corrected chi connectivity index (χ1v) is 16.2. The molecule has 0 unspecified atom stereocenters. The second kappa shape index (κ2) is 5.28. The molecule has 19 heavy (non-hydrogen) atoms. The quantitative estimate of drug-likeness (QED) is 0.820. The number of ether oxygens (including phenoxy) is 1. The first-order valence-electron chi connectivity index (χ1n) is 6.22. The second-order valence-corrected chi connectivity index (χ2v) is 20.1. The van der Waals surface area contributed by atoms with Crippen LogP contribution in [0.5, 0.6) is 0 Å². The van der Waals surface area contributed by atoms with Crippen LogP contribution in [0.2, 0.25) is 14.8 Å². The molecular formula is C13H18FNO3Sn. The second-order valence-electron chi connectivity index (χ2n) is 5.71. The molecule has 0 aromatic heterocycles. The van der Waals surface area contributed by atoms with E-state index in [2.05, 4.69) is 14.8 Å². The van der Waals surface area contributed by atoms with Gasteiger partial charge in [-0.3, -0.25) is 0 Å². The Morgan fingerprint density at radius 1 is 1.47 bits per heavy atom. The van der Waals surface area contributed by atoms with Gasteiger partial charge >= 0.3 is 116 Å². The van der Waals surface area contributed by atoms with Gasteiger partial charge in [-0.2, -0.15) is 0 Å². The van der Waals surface area contributed by atoms with E-state index in [-0.39, 0.29) is 19.0 Å². The average Bonchev–Trinajstić information content (AvgIpc) is 2.68. The van der Waals surface area contributed by atoms with Crippen molar-refractivity contribution >= 4 is 33.7 Å². The fourth-order valence-corrected chi connectivity index (χ4v) is 6.02. The van der Waals surface area contributed by atoms with Crippen molar-refractivity contribution in [1.29, 1.82) is 0 Å². The third-order valence-corrected chi connectivity index (χ3v) is 8.92. The molecule has 1 atom stereocenters. The molecule has 1 aromatic carbocycles. The normalized spacial score (nSPS) is 19.7. The van der Waals surface area contributed by atoms with E-state index in [4.69, 9.17) is 9.84 Å². The van der Waals surface area contributed by atoms with Crippen LogP contribution < -0.4 is 8.48 Å². The molecule has 2 rings (SSSR count). The molecule has 0 spiro atoms. The summed E-state index contributed by atoms with van der Waals surface area (Å²) in [5.41, 5.74) is 0.484. The monoisotopic (exact) mass is 375 g/mol. The van der Waals surface area contributed by atoms with Crippen LogP contribution in [-0.2, 0) is 4.74 Å². The molecule has 1 heterocycles. The van der Waals surface area contributed by atoms with Crippen molar-refractivity contribution in [1.82, 2.24) is 0 Å². The van der Waals surface area contributed by atoms with Crippen molar-refractivity contribution in [3.63, 3.8) is 0 Å². The van der Waals surface area contributed by atoms with Crippen LogP contribution in [0.25, 0.3) is 0 Å². The number of aliphatic hydroxyl groups is 1. The van der Waals surface area contributed by atoms with E-state index in [1.54, 1.807) is 12.1 Å². The zero-order chi connectivity index (χ0) is 14.2. The Morgan fingerprint density at radius 3 is 2.63 bits per heavy atom. The first kappa shape index (κ1) is 14.6. The summed E-state index contributed by atoms with van der Waals surface area (Å²) in [6.07, 6.45) is -1.07. The molecule has 4 nitrogen and oxygen atoms in total. The van der Waals surface area contributed by atoms with Crippen LogP contribution in [0.3, 0.4) is 0 Å². The van der Waals surface area contributed by atoms with E-state index < -0.39 is 30.6 Å². The summed E-state index contributed by atoms with van der Waals surface area (Å²) >= 11 is -2.46. The molecule has 1 aliphatic rings. The van der Waals surface area contributed by atoms with Gasteiger partial charge < -0.3 is 0 Å². The maximum atomic E-state index is 14.1. The zero-order valence-corrected chi connectivity index (χ0v) is 14.2. The third-order valence-electron chi connectivity index (χ3n) is 3.15. The topological polar surface area (TPSA) is 49.8 Å².